The highest BCUT2D eigenvalue weighted by atomic mass is 79.9. The van der Waals surface area contributed by atoms with Crippen LogP contribution in [0.2, 0.25) is 0 Å². The first-order valence-electron chi connectivity index (χ1n) is 4.89. The number of carboxylic acids is 1. The van der Waals surface area contributed by atoms with Gasteiger partial charge in [-0.05, 0) is 53.0 Å². The van der Waals surface area contributed by atoms with Crippen LogP contribution in [0.15, 0.2) is 28.8 Å². The zero-order valence-electron chi connectivity index (χ0n) is 9.45. The van der Waals surface area contributed by atoms with E-state index in [1.165, 1.54) is 0 Å². The van der Waals surface area contributed by atoms with Gasteiger partial charge in [-0.1, -0.05) is 0 Å². The highest BCUT2D eigenvalue weighted by molar-refractivity contribution is 9.10. The Labute approximate surface area is 107 Å². The molecule has 0 aliphatic rings. The zero-order valence-corrected chi connectivity index (χ0v) is 11.0. The minimum absolute atomic E-state index is 0.476. The van der Waals surface area contributed by atoms with E-state index in [0.29, 0.717) is 5.69 Å². The Bertz CT molecular complexity index is 495. The minimum Gasteiger partial charge on any atom is -0.478 e. The second-order valence-corrected chi connectivity index (χ2v) is 4.43. The van der Waals surface area contributed by atoms with Crippen LogP contribution in [0.1, 0.15) is 11.1 Å². The van der Waals surface area contributed by atoms with Crippen molar-refractivity contribution < 1.29 is 14.7 Å². The zero-order chi connectivity index (χ0) is 13.0. The molecule has 0 heterocycles. The van der Waals surface area contributed by atoms with Crippen molar-refractivity contribution in [3.63, 3.8) is 0 Å². The molecule has 17 heavy (non-hydrogen) atoms. The van der Waals surface area contributed by atoms with Crippen LogP contribution < -0.4 is 5.32 Å². The second kappa shape index (κ2) is 5.63. The summed E-state index contributed by atoms with van der Waals surface area (Å²) in [6.07, 6.45) is 1.77. The number of aliphatic carboxylic acids is 1. The Morgan fingerprint density at radius 3 is 2.41 bits per heavy atom. The van der Waals surface area contributed by atoms with Gasteiger partial charge in [-0.3, -0.25) is 4.79 Å². The summed E-state index contributed by atoms with van der Waals surface area (Å²) < 4.78 is 0.762. The van der Waals surface area contributed by atoms with Crippen LogP contribution in [0.3, 0.4) is 0 Å². The number of rotatable bonds is 3. The van der Waals surface area contributed by atoms with Gasteiger partial charge in [0.25, 0.3) is 0 Å². The number of benzene rings is 1. The first-order chi connectivity index (χ1) is 7.90. The van der Waals surface area contributed by atoms with E-state index in [-0.39, 0.29) is 0 Å². The van der Waals surface area contributed by atoms with E-state index < -0.39 is 11.9 Å². The van der Waals surface area contributed by atoms with Crippen molar-refractivity contribution in [2.24, 2.45) is 0 Å². The lowest BCUT2D eigenvalue weighted by molar-refractivity contribution is -0.131. The predicted molar refractivity (Wildman–Crippen MR) is 69.0 cm³/mol. The van der Waals surface area contributed by atoms with Gasteiger partial charge in [-0.2, -0.15) is 0 Å². The molecule has 0 atom stereocenters. The van der Waals surface area contributed by atoms with Crippen molar-refractivity contribution in [1.82, 2.24) is 0 Å². The lowest BCUT2D eigenvalue weighted by atomic mass is 10.1. The van der Waals surface area contributed by atoms with Crippen molar-refractivity contribution in [3.8, 4) is 0 Å². The average molecular weight is 298 g/mol. The van der Waals surface area contributed by atoms with Crippen LogP contribution in [0.25, 0.3) is 0 Å². The second-order valence-electron chi connectivity index (χ2n) is 3.58. The summed E-state index contributed by atoms with van der Waals surface area (Å²) in [5.41, 5.74) is 2.77. The van der Waals surface area contributed by atoms with E-state index in [1.807, 2.05) is 26.0 Å². The Kier molecular flexibility index (Phi) is 4.45. The van der Waals surface area contributed by atoms with E-state index in [0.717, 1.165) is 27.8 Å². The third-order valence-electron chi connectivity index (χ3n) is 2.22. The number of halogens is 1. The summed E-state index contributed by atoms with van der Waals surface area (Å²) in [5.74, 6) is -1.63. The van der Waals surface area contributed by atoms with Gasteiger partial charge in [0.2, 0.25) is 5.91 Å². The highest BCUT2D eigenvalue weighted by Gasteiger charge is 2.05. The van der Waals surface area contributed by atoms with Gasteiger partial charge in [0.1, 0.15) is 0 Å². The fourth-order valence-electron chi connectivity index (χ4n) is 1.20. The number of amides is 1. The first kappa shape index (κ1) is 13.4. The molecule has 0 fully saturated rings. The molecule has 0 aliphatic carbocycles. The third kappa shape index (κ3) is 4.03. The SMILES string of the molecule is Cc1cc(Br)c(NC(=O)/C=C/C(=O)O)cc1C. The standard InChI is InChI=1S/C12H12BrNO3/c1-7-5-9(13)10(6-8(7)2)14-11(15)3-4-12(16)17/h3-6H,1-2H3,(H,14,15)(H,16,17)/b4-3+. The summed E-state index contributed by atoms with van der Waals surface area (Å²) in [6, 6.07) is 3.72. The van der Waals surface area contributed by atoms with Crippen molar-refractivity contribution in [3.05, 3.63) is 39.9 Å². The van der Waals surface area contributed by atoms with Crippen molar-refractivity contribution in [1.29, 1.82) is 0 Å². The van der Waals surface area contributed by atoms with E-state index in [2.05, 4.69) is 21.2 Å². The van der Waals surface area contributed by atoms with Crippen molar-refractivity contribution in [2.75, 3.05) is 5.32 Å². The summed E-state index contributed by atoms with van der Waals surface area (Å²) in [5, 5.41) is 11.0. The lowest BCUT2D eigenvalue weighted by Gasteiger charge is -2.08. The smallest absolute Gasteiger partial charge is 0.328 e. The molecule has 0 spiro atoms. The molecule has 0 bridgehead atoms. The molecule has 0 aliphatic heterocycles. The average Bonchev–Trinajstić information content (AvgIpc) is 2.23. The van der Waals surface area contributed by atoms with Crippen molar-refractivity contribution >= 4 is 33.5 Å². The molecule has 2 N–H and O–H groups in total. The number of carbonyl (C=O) groups excluding carboxylic acids is 1. The van der Waals surface area contributed by atoms with Crippen LogP contribution in [-0.4, -0.2) is 17.0 Å². The Morgan fingerprint density at radius 2 is 1.82 bits per heavy atom. The van der Waals surface area contributed by atoms with Crippen molar-refractivity contribution in [2.45, 2.75) is 13.8 Å². The predicted octanol–water partition coefficient (Wildman–Crippen LogP) is 2.65. The molecule has 1 rings (SSSR count). The summed E-state index contributed by atoms with van der Waals surface area (Å²) >= 11 is 3.33. The fraction of sp³-hybridized carbons (Fsp3) is 0.167. The largest absolute Gasteiger partial charge is 0.478 e. The molecule has 0 aromatic heterocycles. The van der Waals surface area contributed by atoms with Gasteiger partial charge >= 0.3 is 5.97 Å². The first-order valence-corrected chi connectivity index (χ1v) is 5.68. The van der Waals surface area contributed by atoms with Crippen LogP contribution >= 0.6 is 15.9 Å². The van der Waals surface area contributed by atoms with Crippen LogP contribution in [0.5, 0.6) is 0 Å². The van der Waals surface area contributed by atoms with E-state index in [4.69, 9.17) is 5.11 Å². The molecule has 1 aromatic rings. The van der Waals surface area contributed by atoms with Crippen LogP contribution in [-0.2, 0) is 9.59 Å². The van der Waals surface area contributed by atoms with E-state index in [9.17, 15) is 9.59 Å². The van der Waals surface area contributed by atoms with Gasteiger partial charge in [-0.25, -0.2) is 4.79 Å². The number of carboxylic acid groups (broad SMARTS) is 1. The maximum atomic E-state index is 11.4. The molecular weight excluding hydrogens is 286 g/mol. The number of anilines is 1. The number of nitrogens with one attached hydrogen (secondary N) is 1. The Morgan fingerprint density at radius 1 is 1.24 bits per heavy atom. The molecule has 0 unspecified atom stereocenters. The number of hydrogen-bond acceptors (Lipinski definition) is 2. The fourth-order valence-corrected chi connectivity index (χ4v) is 1.76. The van der Waals surface area contributed by atoms with Gasteiger partial charge < -0.3 is 10.4 Å². The quantitative estimate of drug-likeness (QED) is 0.843. The van der Waals surface area contributed by atoms with Gasteiger partial charge in [-0.15, -0.1) is 0 Å². The summed E-state index contributed by atoms with van der Waals surface area (Å²) in [4.78, 5) is 21.6. The Balaban J connectivity index is 2.85. The van der Waals surface area contributed by atoms with E-state index >= 15 is 0 Å². The monoisotopic (exact) mass is 297 g/mol. The number of hydrogen-bond donors (Lipinski definition) is 2. The van der Waals surface area contributed by atoms with Gasteiger partial charge in [0, 0.05) is 16.6 Å². The maximum Gasteiger partial charge on any atom is 0.328 e. The number of aryl methyl sites for hydroxylation is 2. The summed E-state index contributed by atoms with van der Waals surface area (Å²) in [7, 11) is 0. The highest BCUT2D eigenvalue weighted by Crippen LogP contribution is 2.25. The number of carbonyl (C=O) groups is 2. The molecule has 90 valence electrons. The molecule has 1 amide bonds. The molecule has 1 aromatic carbocycles. The van der Waals surface area contributed by atoms with Crippen LogP contribution in [0.4, 0.5) is 5.69 Å². The molecule has 5 heteroatoms. The molecule has 0 saturated carbocycles. The van der Waals surface area contributed by atoms with Gasteiger partial charge in [0.05, 0.1) is 5.69 Å². The maximum absolute atomic E-state index is 11.4. The summed E-state index contributed by atoms with van der Waals surface area (Å²) in [6.45, 7) is 3.90. The van der Waals surface area contributed by atoms with E-state index in [1.54, 1.807) is 0 Å². The molecular formula is C12H12BrNO3. The topological polar surface area (TPSA) is 66.4 Å². The lowest BCUT2D eigenvalue weighted by Crippen LogP contribution is -2.09. The normalized spacial score (nSPS) is 10.5. The molecule has 4 nitrogen and oxygen atoms in total. The molecule has 0 saturated heterocycles. The molecule has 0 radical (unpaired) electrons. The Hall–Kier alpha value is -1.62. The van der Waals surface area contributed by atoms with Crippen LogP contribution in [0, 0.1) is 13.8 Å². The van der Waals surface area contributed by atoms with Gasteiger partial charge in [0.15, 0.2) is 0 Å². The third-order valence-corrected chi connectivity index (χ3v) is 2.87. The minimum atomic E-state index is -1.15.